The van der Waals surface area contributed by atoms with Crippen LogP contribution in [0.1, 0.15) is 31.2 Å². The third kappa shape index (κ3) is 2.89. The molecule has 1 aromatic rings. The van der Waals surface area contributed by atoms with Crippen molar-refractivity contribution in [2.45, 2.75) is 43.9 Å². The van der Waals surface area contributed by atoms with Gasteiger partial charge in [-0.1, -0.05) is 28.3 Å². The molecule has 1 heterocycles. The van der Waals surface area contributed by atoms with E-state index in [2.05, 4.69) is 27.2 Å². The van der Waals surface area contributed by atoms with Gasteiger partial charge in [-0.3, -0.25) is 0 Å². The summed E-state index contributed by atoms with van der Waals surface area (Å²) in [7, 11) is 0. The Bertz CT molecular complexity index is 584. The minimum Gasteiger partial charge on any atom is -0.454 e. The predicted molar refractivity (Wildman–Crippen MR) is 83.1 cm³/mol. The Morgan fingerprint density at radius 1 is 1.38 bits per heavy atom. The second-order valence-electron chi connectivity index (χ2n) is 5.54. The summed E-state index contributed by atoms with van der Waals surface area (Å²) in [6, 6.07) is 3.79. The third-order valence-corrected chi connectivity index (χ3v) is 4.95. The van der Waals surface area contributed by atoms with Crippen LogP contribution in [0.15, 0.2) is 16.6 Å². The fourth-order valence-corrected chi connectivity index (χ4v) is 3.39. The van der Waals surface area contributed by atoms with Crippen molar-refractivity contribution in [1.82, 2.24) is 5.32 Å². The molecule has 1 saturated carbocycles. The zero-order valence-corrected chi connectivity index (χ0v) is 13.3. The lowest BCUT2D eigenvalue weighted by molar-refractivity contribution is 0.0255. The molecule has 4 nitrogen and oxygen atoms in total. The minimum absolute atomic E-state index is 0.0754. The zero-order valence-electron chi connectivity index (χ0n) is 11.7. The molecular formula is C16H18BrNO3. The van der Waals surface area contributed by atoms with E-state index < -0.39 is 5.60 Å². The lowest BCUT2D eigenvalue weighted by atomic mass is 9.81. The van der Waals surface area contributed by atoms with Crippen molar-refractivity contribution in [3.8, 4) is 23.8 Å². The van der Waals surface area contributed by atoms with Gasteiger partial charge in [-0.15, -0.1) is 6.42 Å². The number of fused-ring (bicyclic) bond motifs is 1. The molecule has 2 N–H and O–H groups in total. The van der Waals surface area contributed by atoms with Gasteiger partial charge in [-0.2, -0.15) is 0 Å². The summed E-state index contributed by atoms with van der Waals surface area (Å²) in [5.41, 5.74) is 0.0188. The van der Waals surface area contributed by atoms with Crippen molar-refractivity contribution in [1.29, 1.82) is 0 Å². The monoisotopic (exact) mass is 351 g/mol. The van der Waals surface area contributed by atoms with Crippen molar-refractivity contribution >= 4 is 15.9 Å². The van der Waals surface area contributed by atoms with Crippen molar-refractivity contribution in [3.05, 3.63) is 22.2 Å². The highest BCUT2D eigenvalue weighted by Crippen LogP contribution is 2.37. The molecule has 2 aliphatic rings. The Kier molecular flexibility index (Phi) is 4.12. The van der Waals surface area contributed by atoms with E-state index in [-0.39, 0.29) is 12.8 Å². The highest BCUT2D eigenvalue weighted by atomic mass is 79.9. The number of rotatable bonds is 3. The second kappa shape index (κ2) is 5.88. The molecule has 0 radical (unpaired) electrons. The molecule has 0 amide bonds. The van der Waals surface area contributed by atoms with E-state index >= 15 is 0 Å². The summed E-state index contributed by atoms with van der Waals surface area (Å²) >= 11 is 3.54. The van der Waals surface area contributed by atoms with E-state index in [1.807, 2.05) is 12.1 Å². The Hall–Kier alpha value is -1.22. The molecule has 2 atom stereocenters. The molecular weight excluding hydrogens is 334 g/mol. The number of hydrogen-bond donors (Lipinski definition) is 2. The maximum Gasteiger partial charge on any atom is 0.231 e. The molecule has 1 aliphatic carbocycles. The van der Waals surface area contributed by atoms with Crippen LogP contribution in [-0.2, 0) is 6.54 Å². The highest BCUT2D eigenvalue weighted by Gasteiger charge is 2.36. The Morgan fingerprint density at radius 3 is 2.90 bits per heavy atom. The number of ether oxygens (including phenoxy) is 2. The van der Waals surface area contributed by atoms with Crippen molar-refractivity contribution < 1.29 is 14.6 Å². The van der Waals surface area contributed by atoms with Gasteiger partial charge in [0.15, 0.2) is 11.5 Å². The van der Waals surface area contributed by atoms with Gasteiger partial charge in [0.25, 0.3) is 0 Å². The molecule has 112 valence electrons. The summed E-state index contributed by atoms with van der Waals surface area (Å²) in [5.74, 6) is 4.07. The van der Waals surface area contributed by atoms with Crippen LogP contribution < -0.4 is 14.8 Å². The zero-order chi connectivity index (χ0) is 14.9. The van der Waals surface area contributed by atoms with Gasteiger partial charge in [0, 0.05) is 17.1 Å². The van der Waals surface area contributed by atoms with E-state index in [9.17, 15) is 5.11 Å². The second-order valence-corrected chi connectivity index (χ2v) is 6.40. The number of terminal acetylenes is 1. The first-order valence-electron chi connectivity index (χ1n) is 7.14. The molecule has 1 aromatic carbocycles. The van der Waals surface area contributed by atoms with Crippen molar-refractivity contribution in [2.24, 2.45) is 0 Å². The molecule has 0 bridgehead atoms. The fraction of sp³-hybridized carbons (Fsp3) is 0.500. The van der Waals surface area contributed by atoms with Crippen molar-refractivity contribution in [3.63, 3.8) is 0 Å². The van der Waals surface area contributed by atoms with E-state index in [0.717, 1.165) is 40.8 Å². The summed E-state index contributed by atoms with van der Waals surface area (Å²) < 4.78 is 11.7. The van der Waals surface area contributed by atoms with Gasteiger partial charge in [-0.05, 0) is 37.0 Å². The molecule has 5 heteroatoms. The van der Waals surface area contributed by atoms with Crippen LogP contribution in [0, 0.1) is 12.3 Å². The number of hydrogen-bond acceptors (Lipinski definition) is 4. The molecule has 0 saturated heterocycles. The first-order valence-corrected chi connectivity index (χ1v) is 7.93. The number of nitrogens with one attached hydrogen (secondary N) is 1. The Morgan fingerprint density at radius 2 is 2.14 bits per heavy atom. The molecule has 1 fully saturated rings. The number of aliphatic hydroxyl groups is 1. The minimum atomic E-state index is -1.04. The quantitative estimate of drug-likeness (QED) is 0.821. The Balaban J connectivity index is 1.71. The summed E-state index contributed by atoms with van der Waals surface area (Å²) in [6.07, 6.45) is 9.13. The largest absolute Gasteiger partial charge is 0.454 e. The lowest BCUT2D eigenvalue weighted by Gasteiger charge is -2.36. The maximum absolute atomic E-state index is 10.5. The topological polar surface area (TPSA) is 50.7 Å². The van der Waals surface area contributed by atoms with Gasteiger partial charge >= 0.3 is 0 Å². The van der Waals surface area contributed by atoms with Crippen LogP contribution in [0.25, 0.3) is 0 Å². The standard InChI is InChI=1S/C16H18BrNO3/c1-2-16(19)6-4-3-5-15(16)18-9-11-7-13-14(8-12(11)17)21-10-20-13/h1,7-8,15,18-19H,3-6,9-10H2/t15-,16+/m1/s1. The van der Waals surface area contributed by atoms with E-state index in [1.54, 1.807) is 0 Å². The first-order chi connectivity index (χ1) is 10.1. The predicted octanol–water partition coefficient (Wildman–Crippen LogP) is 2.57. The van der Waals surface area contributed by atoms with Crippen LogP contribution in [0.4, 0.5) is 0 Å². The summed E-state index contributed by atoms with van der Waals surface area (Å²) in [5, 5.41) is 13.9. The molecule has 0 aromatic heterocycles. The van der Waals surface area contributed by atoms with E-state index in [1.165, 1.54) is 0 Å². The van der Waals surface area contributed by atoms with Crippen LogP contribution >= 0.6 is 15.9 Å². The van der Waals surface area contributed by atoms with Gasteiger partial charge in [-0.25, -0.2) is 0 Å². The molecule has 3 rings (SSSR count). The molecule has 21 heavy (non-hydrogen) atoms. The van der Waals surface area contributed by atoms with E-state index in [4.69, 9.17) is 15.9 Å². The van der Waals surface area contributed by atoms with E-state index in [0.29, 0.717) is 13.0 Å². The molecule has 0 unspecified atom stereocenters. The molecule has 1 aliphatic heterocycles. The Labute approximate surface area is 133 Å². The smallest absolute Gasteiger partial charge is 0.231 e. The van der Waals surface area contributed by atoms with Crippen LogP contribution in [0.5, 0.6) is 11.5 Å². The highest BCUT2D eigenvalue weighted by molar-refractivity contribution is 9.10. The van der Waals surface area contributed by atoms with Gasteiger partial charge in [0.1, 0.15) is 5.60 Å². The summed E-state index contributed by atoms with van der Waals surface area (Å²) in [4.78, 5) is 0. The average Bonchev–Trinajstić information content (AvgIpc) is 2.93. The third-order valence-electron chi connectivity index (χ3n) is 4.21. The maximum atomic E-state index is 10.5. The van der Waals surface area contributed by atoms with Crippen LogP contribution in [0.3, 0.4) is 0 Å². The normalized spacial score (nSPS) is 27.4. The van der Waals surface area contributed by atoms with Gasteiger partial charge in [0.2, 0.25) is 6.79 Å². The SMILES string of the molecule is C#C[C@]1(O)CCCC[C@H]1NCc1cc2c(cc1Br)OCO2. The van der Waals surface area contributed by atoms with Gasteiger partial charge in [0.05, 0.1) is 0 Å². The van der Waals surface area contributed by atoms with Crippen LogP contribution in [-0.4, -0.2) is 23.5 Å². The lowest BCUT2D eigenvalue weighted by Crippen LogP contribution is -2.51. The summed E-state index contributed by atoms with van der Waals surface area (Å²) in [6.45, 7) is 0.879. The first kappa shape index (κ1) is 14.7. The van der Waals surface area contributed by atoms with Crippen molar-refractivity contribution in [2.75, 3.05) is 6.79 Å². The van der Waals surface area contributed by atoms with Crippen LogP contribution in [0.2, 0.25) is 0 Å². The number of halogens is 1. The fourth-order valence-electron chi connectivity index (χ4n) is 2.93. The number of benzene rings is 1. The van der Waals surface area contributed by atoms with Gasteiger partial charge < -0.3 is 19.9 Å². The molecule has 0 spiro atoms. The average molecular weight is 352 g/mol.